The fourth-order valence-electron chi connectivity index (χ4n) is 14.2. The predicted octanol–water partition coefficient (Wildman–Crippen LogP) is 12.1. The number of benzene rings is 4. The Hall–Kier alpha value is -10.0. The number of aryl methyl sites for hydroxylation is 2. The largest absolute Gasteiger partial charge is 0.416 e. The minimum atomic E-state index is -4.73. The summed E-state index contributed by atoms with van der Waals surface area (Å²) in [6, 6.07) is 30.3. The van der Waals surface area contributed by atoms with Gasteiger partial charge in [-0.25, -0.2) is 9.97 Å². The summed E-state index contributed by atoms with van der Waals surface area (Å²) in [4.78, 5) is 50.6. The van der Waals surface area contributed by atoms with Crippen molar-refractivity contribution in [1.29, 1.82) is 10.5 Å². The van der Waals surface area contributed by atoms with E-state index in [4.69, 9.17) is 14.8 Å². The summed E-state index contributed by atoms with van der Waals surface area (Å²) in [5.74, 6) is 0.550. The predicted molar refractivity (Wildman–Crippen MR) is 337 cm³/mol. The molecule has 476 valence electrons. The van der Waals surface area contributed by atoms with E-state index in [2.05, 4.69) is 59.0 Å². The summed E-state index contributed by atoms with van der Waals surface area (Å²) in [5.41, 5.74) is 3.79. The van der Waals surface area contributed by atoms with Crippen LogP contribution in [-0.2, 0) is 52.6 Å². The van der Waals surface area contributed by atoms with Crippen molar-refractivity contribution in [3.05, 3.63) is 158 Å². The lowest BCUT2D eigenvalue weighted by atomic mass is 9.97. The number of hydrogen-bond acceptors (Lipinski definition) is 14. The van der Waals surface area contributed by atoms with Gasteiger partial charge in [-0.15, -0.1) is 20.4 Å². The number of pyridine rings is 2. The van der Waals surface area contributed by atoms with Crippen molar-refractivity contribution < 1.29 is 35.9 Å². The molecule has 4 aromatic carbocycles. The van der Waals surface area contributed by atoms with Gasteiger partial charge in [0.05, 0.1) is 54.3 Å². The number of rotatable bonds is 16. The van der Waals surface area contributed by atoms with Crippen molar-refractivity contribution in [2.45, 2.75) is 95.9 Å². The van der Waals surface area contributed by atoms with Crippen LogP contribution < -0.4 is 20.4 Å². The first-order valence-corrected chi connectivity index (χ1v) is 31.5. The Morgan fingerprint density at radius 1 is 0.606 bits per heavy atom. The van der Waals surface area contributed by atoms with Crippen LogP contribution in [0.5, 0.6) is 0 Å². The molecule has 15 rings (SSSR count). The zero-order valence-corrected chi connectivity index (χ0v) is 51.4. The van der Waals surface area contributed by atoms with Crippen molar-refractivity contribution in [3.8, 4) is 63.2 Å². The van der Waals surface area contributed by atoms with Crippen LogP contribution in [0, 0.1) is 45.5 Å². The van der Waals surface area contributed by atoms with Crippen LogP contribution in [0.15, 0.2) is 97.6 Å². The number of nitriles is 2. The highest BCUT2D eigenvalue weighted by atomic mass is 19.4. The molecule has 25 heteroatoms. The van der Waals surface area contributed by atoms with Crippen LogP contribution in [0.2, 0.25) is 0 Å². The highest BCUT2D eigenvalue weighted by molar-refractivity contribution is 6.11. The molecule has 94 heavy (non-hydrogen) atoms. The van der Waals surface area contributed by atoms with E-state index in [0.29, 0.717) is 105 Å². The summed E-state index contributed by atoms with van der Waals surface area (Å²) < 4.78 is 93.6. The second kappa shape index (κ2) is 22.9. The summed E-state index contributed by atoms with van der Waals surface area (Å²) in [6.45, 7) is 3.66. The highest BCUT2D eigenvalue weighted by Gasteiger charge is 2.50. The molecule has 2 spiro atoms. The lowest BCUT2D eigenvalue weighted by Gasteiger charge is -2.19. The van der Waals surface area contributed by atoms with E-state index in [9.17, 15) is 33.3 Å². The SMILES string of the molecule is Cn1cnnc1-c1ccc(C#N)cc1-c1cc(NCC2CC2[N+]#Cc2ccc(-c3cc(NCCC#N)nc(N4Cc5c(cc(CN6CCC7(CC7)C6)cc5C(F)(F)F)C4=O)c3)c(-c3nncn3C)c2)nc(N2Cc3c(cc(CN4CCC5(CC5)C4)cc3C(F)(F)F)C2=O)c1. The maximum absolute atomic E-state index is 15.1. The Balaban J connectivity index is 0.712. The number of halogens is 6. The first-order chi connectivity index (χ1) is 45.2. The van der Waals surface area contributed by atoms with Crippen molar-refractivity contribution in [2.75, 3.05) is 59.7 Å². The summed E-state index contributed by atoms with van der Waals surface area (Å²) in [7, 11) is 3.56. The molecule has 3 saturated carbocycles. The van der Waals surface area contributed by atoms with E-state index >= 15 is 13.2 Å². The number of anilines is 4. The number of carbonyl (C=O) groups excluding carboxylic acids is 2. The maximum atomic E-state index is 15.1. The third-order valence-corrected chi connectivity index (χ3v) is 19.8. The van der Waals surface area contributed by atoms with E-state index in [1.165, 1.54) is 21.9 Å². The molecule has 2 saturated heterocycles. The number of nitrogens with one attached hydrogen (secondary N) is 2. The number of fused-ring (bicyclic) bond motifs is 2. The van der Waals surface area contributed by atoms with Crippen LogP contribution in [0.25, 0.3) is 49.9 Å². The molecule has 2 unspecified atom stereocenters. The summed E-state index contributed by atoms with van der Waals surface area (Å²) >= 11 is 0. The summed E-state index contributed by atoms with van der Waals surface area (Å²) in [6.07, 6.45) is 0.941. The van der Waals surface area contributed by atoms with Crippen LogP contribution in [0.4, 0.5) is 49.6 Å². The molecular weight excluding hydrogens is 1210 g/mol. The van der Waals surface area contributed by atoms with Crippen molar-refractivity contribution in [3.63, 3.8) is 0 Å². The minimum Gasteiger partial charge on any atom is -0.369 e. The quantitative estimate of drug-likeness (QED) is 0.0681. The molecule has 2 amide bonds. The van der Waals surface area contributed by atoms with Crippen LogP contribution in [0.1, 0.15) is 117 Å². The standard InChI is InChI=1S/C69H62F6N17O2/c1-87-38-81-85-62(87)48-7-4-40(29-77)18-49(48)45-26-59(84-61(28-45)92-35-54-52(65(92)94)21-43(23-56(54)69(73,74)75)33-90-17-13-67(37-90)10-11-67)80-31-46-24-57(46)79-30-41-5-6-47(50(19-41)63-86-82-39-88(63)2)44-25-58(78-15-3-14-76)83-60(27-44)91-34-53-51(64(91)93)20-42(22-55(53)68(70,71)72)32-89-16-12-66(36-89)8-9-66/h4-7,18-23,25-28,38-39,46,57H,3,8-13,15-17,24,31-37H2,1-2H3,(H,78,83)(H,80,84)/q+1. The normalized spacial score (nSPS) is 19.1. The molecule has 7 aliphatic rings. The second-order valence-corrected chi connectivity index (χ2v) is 26.4. The Kier molecular flexibility index (Phi) is 14.7. The van der Waals surface area contributed by atoms with E-state index < -0.39 is 35.3 Å². The molecule has 0 bridgehead atoms. The number of amides is 2. The molecular formula is C69H62F6N17O2+. The second-order valence-electron chi connectivity index (χ2n) is 26.4. The van der Waals surface area contributed by atoms with Gasteiger partial charge in [-0.2, -0.15) is 36.9 Å². The van der Waals surface area contributed by atoms with Gasteiger partial charge < -0.3 is 19.8 Å². The van der Waals surface area contributed by atoms with Gasteiger partial charge in [-0.05, 0) is 186 Å². The van der Waals surface area contributed by atoms with Gasteiger partial charge in [0, 0.05) is 82.0 Å². The molecule has 4 aliphatic heterocycles. The topological polar surface area (TPSA) is 210 Å². The number of likely N-dealkylation sites (tertiary alicyclic amines) is 2. The monoisotopic (exact) mass is 1270 g/mol. The third kappa shape index (κ3) is 11.6. The first kappa shape index (κ1) is 60.2. The Labute approximate surface area is 536 Å². The number of nitrogens with zero attached hydrogens (tertiary/aromatic N) is 15. The molecule has 5 fully saturated rings. The third-order valence-electron chi connectivity index (χ3n) is 19.8. The van der Waals surface area contributed by atoms with Gasteiger partial charge in [0.25, 0.3) is 17.9 Å². The Bertz CT molecular complexity index is 4600. The average molecular weight is 1280 g/mol. The first-order valence-electron chi connectivity index (χ1n) is 31.5. The highest BCUT2D eigenvalue weighted by Crippen LogP contribution is 2.54. The minimum absolute atomic E-state index is 0.0146. The average Bonchev–Trinajstić information content (AvgIpc) is 1.08. The van der Waals surface area contributed by atoms with Crippen molar-refractivity contribution in [1.82, 2.24) is 49.3 Å². The number of aromatic nitrogens is 8. The van der Waals surface area contributed by atoms with E-state index in [1.807, 2.05) is 18.2 Å². The molecule has 8 heterocycles. The van der Waals surface area contributed by atoms with Gasteiger partial charge in [0.2, 0.25) is 0 Å². The lowest BCUT2D eigenvalue weighted by Crippen LogP contribution is -2.25. The van der Waals surface area contributed by atoms with Crippen molar-refractivity contribution in [2.24, 2.45) is 30.8 Å². The van der Waals surface area contributed by atoms with Crippen LogP contribution in [0.3, 0.4) is 0 Å². The van der Waals surface area contributed by atoms with Crippen molar-refractivity contribution >= 4 is 35.1 Å². The van der Waals surface area contributed by atoms with Gasteiger partial charge >= 0.3 is 18.4 Å². The summed E-state index contributed by atoms with van der Waals surface area (Å²) in [5, 5.41) is 43.2. The zero-order valence-electron chi connectivity index (χ0n) is 51.4. The number of alkyl halides is 6. The molecule has 2 atom stereocenters. The Morgan fingerprint density at radius 3 is 1.64 bits per heavy atom. The number of carbonyl (C=O) groups is 2. The van der Waals surface area contributed by atoms with Gasteiger partial charge in [0.15, 0.2) is 11.6 Å². The van der Waals surface area contributed by atoms with E-state index in [-0.39, 0.29) is 82.7 Å². The van der Waals surface area contributed by atoms with Crippen LogP contribution in [-0.4, -0.2) is 106 Å². The maximum Gasteiger partial charge on any atom is 0.416 e. The fraction of sp³-hybridized carbons (Fsp3) is 0.377. The molecule has 19 nitrogen and oxygen atoms in total. The fourth-order valence-corrected chi connectivity index (χ4v) is 14.2. The lowest BCUT2D eigenvalue weighted by molar-refractivity contribution is -0.139. The van der Waals surface area contributed by atoms with Crippen LogP contribution >= 0.6 is 0 Å². The zero-order chi connectivity index (χ0) is 65.0. The van der Waals surface area contributed by atoms with E-state index in [0.717, 1.165) is 64.7 Å². The molecule has 2 N–H and O–H groups in total. The smallest absolute Gasteiger partial charge is 0.369 e. The van der Waals surface area contributed by atoms with Gasteiger partial charge in [-0.3, -0.25) is 29.2 Å². The molecule has 4 aromatic heterocycles. The van der Waals surface area contributed by atoms with Gasteiger partial charge in [-0.1, -0.05) is 10.9 Å². The molecule has 0 radical (unpaired) electrons. The Morgan fingerprint density at radius 2 is 1.13 bits per heavy atom. The molecule has 8 aromatic rings. The number of hydrogen-bond donors (Lipinski definition) is 2. The molecule has 3 aliphatic carbocycles. The van der Waals surface area contributed by atoms with E-state index in [1.54, 1.807) is 90.5 Å². The van der Waals surface area contributed by atoms with Gasteiger partial charge in [0.1, 0.15) is 41.5 Å².